The van der Waals surface area contributed by atoms with Crippen LogP contribution in [0.4, 0.5) is 0 Å². The predicted molar refractivity (Wildman–Crippen MR) is 79.0 cm³/mol. The summed E-state index contributed by atoms with van der Waals surface area (Å²) in [7, 11) is 0. The highest BCUT2D eigenvalue weighted by Crippen LogP contribution is 2.29. The average molecular weight is 294 g/mol. The molecule has 0 bridgehead atoms. The number of halogens is 1. The van der Waals surface area contributed by atoms with Crippen LogP contribution in [0.15, 0.2) is 24.3 Å². The molecule has 1 amide bonds. The van der Waals surface area contributed by atoms with Crippen molar-refractivity contribution in [2.75, 3.05) is 19.7 Å². The molecule has 0 N–H and O–H groups in total. The van der Waals surface area contributed by atoms with E-state index in [1.54, 1.807) is 0 Å². The number of rotatable bonds is 2. The molecule has 2 atom stereocenters. The van der Waals surface area contributed by atoms with E-state index in [2.05, 4.69) is 12.1 Å². The van der Waals surface area contributed by atoms with Gasteiger partial charge in [-0.05, 0) is 43.4 Å². The standard InChI is InChI=1S/C16H20ClNO2/c17-14-6-4-12(5-7-14)13-8-9-18(11-13)16(19)15-3-1-2-10-20-15/h4-7,13,15H,1-3,8-11H2. The highest BCUT2D eigenvalue weighted by atomic mass is 35.5. The quantitative estimate of drug-likeness (QED) is 0.838. The lowest BCUT2D eigenvalue weighted by molar-refractivity contribution is -0.145. The smallest absolute Gasteiger partial charge is 0.251 e. The van der Waals surface area contributed by atoms with Gasteiger partial charge in [0.05, 0.1) is 0 Å². The number of amides is 1. The molecule has 0 aliphatic carbocycles. The minimum Gasteiger partial charge on any atom is -0.368 e. The van der Waals surface area contributed by atoms with Gasteiger partial charge in [0.25, 0.3) is 5.91 Å². The molecule has 2 aliphatic rings. The Morgan fingerprint density at radius 3 is 2.70 bits per heavy atom. The van der Waals surface area contributed by atoms with E-state index in [1.165, 1.54) is 5.56 Å². The van der Waals surface area contributed by atoms with Gasteiger partial charge in [0.1, 0.15) is 6.10 Å². The Hall–Kier alpha value is -1.06. The van der Waals surface area contributed by atoms with Crippen LogP contribution in [0.3, 0.4) is 0 Å². The van der Waals surface area contributed by atoms with Crippen LogP contribution < -0.4 is 0 Å². The van der Waals surface area contributed by atoms with Gasteiger partial charge in [0, 0.05) is 30.6 Å². The summed E-state index contributed by atoms with van der Waals surface area (Å²) in [5, 5.41) is 0.760. The summed E-state index contributed by atoms with van der Waals surface area (Å²) in [6, 6.07) is 7.98. The lowest BCUT2D eigenvalue weighted by Crippen LogP contribution is -2.40. The molecule has 20 heavy (non-hydrogen) atoms. The Morgan fingerprint density at radius 2 is 2.00 bits per heavy atom. The molecular formula is C16H20ClNO2. The maximum atomic E-state index is 12.4. The second-order valence-electron chi connectivity index (χ2n) is 5.68. The molecule has 0 spiro atoms. The monoisotopic (exact) mass is 293 g/mol. The first-order valence-electron chi connectivity index (χ1n) is 7.40. The van der Waals surface area contributed by atoms with Crippen LogP contribution in [0.1, 0.15) is 37.2 Å². The van der Waals surface area contributed by atoms with Crippen molar-refractivity contribution in [2.45, 2.75) is 37.7 Å². The van der Waals surface area contributed by atoms with Gasteiger partial charge < -0.3 is 9.64 Å². The van der Waals surface area contributed by atoms with Crippen LogP contribution in [-0.4, -0.2) is 36.6 Å². The Morgan fingerprint density at radius 1 is 1.20 bits per heavy atom. The topological polar surface area (TPSA) is 29.5 Å². The number of benzene rings is 1. The number of ether oxygens (including phenoxy) is 1. The Balaban J connectivity index is 1.61. The van der Waals surface area contributed by atoms with E-state index in [4.69, 9.17) is 16.3 Å². The van der Waals surface area contributed by atoms with Crippen LogP contribution in [0.2, 0.25) is 5.02 Å². The molecule has 2 fully saturated rings. The van der Waals surface area contributed by atoms with Crippen molar-refractivity contribution in [1.82, 2.24) is 4.90 Å². The first-order chi connectivity index (χ1) is 9.74. The van der Waals surface area contributed by atoms with Crippen molar-refractivity contribution in [2.24, 2.45) is 0 Å². The van der Waals surface area contributed by atoms with E-state index >= 15 is 0 Å². The van der Waals surface area contributed by atoms with Gasteiger partial charge in [-0.3, -0.25) is 4.79 Å². The fourth-order valence-electron chi connectivity index (χ4n) is 3.11. The predicted octanol–water partition coefficient (Wildman–Crippen LogP) is 3.23. The van der Waals surface area contributed by atoms with E-state index < -0.39 is 0 Å². The molecule has 2 unspecified atom stereocenters. The maximum absolute atomic E-state index is 12.4. The molecule has 3 rings (SSSR count). The largest absolute Gasteiger partial charge is 0.368 e. The second kappa shape index (κ2) is 6.15. The van der Waals surface area contributed by atoms with Crippen molar-refractivity contribution in [3.05, 3.63) is 34.9 Å². The number of hydrogen-bond acceptors (Lipinski definition) is 2. The van der Waals surface area contributed by atoms with E-state index in [1.807, 2.05) is 17.0 Å². The highest BCUT2D eigenvalue weighted by molar-refractivity contribution is 6.30. The molecule has 3 nitrogen and oxygen atoms in total. The maximum Gasteiger partial charge on any atom is 0.251 e. The molecule has 0 aromatic heterocycles. The van der Waals surface area contributed by atoms with Crippen LogP contribution >= 0.6 is 11.6 Å². The molecule has 2 aliphatic heterocycles. The first-order valence-corrected chi connectivity index (χ1v) is 7.77. The fraction of sp³-hybridized carbons (Fsp3) is 0.562. The summed E-state index contributed by atoms with van der Waals surface area (Å²) in [6.45, 7) is 2.37. The molecule has 1 aromatic rings. The van der Waals surface area contributed by atoms with Crippen molar-refractivity contribution in [1.29, 1.82) is 0 Å². The Labute approximate surface area is 124 Å². The summed E-state index contributed by atoms with van der Waals surface area (Å²) in [5.41, 5.74) is 1.27. The summed E-state index contributed by atoms with van der Waals surface area (Å²) < 4.78 is 5.60. The lowest BCUT2D eigenvalue weighted by atomic mass is 9.99. The number of carbonyl (C=O) groups excluding carboxylic acids is 1. The zero-order chi connectivity index (χ0) is 13.9. The third kappa shape index (κ3) is 2.99. The fourth-order valence-corrected chi connectivity index (χ4v) is 3.23. The molecule has 4 heteroatoms. The lowest BCUT2D eigenvalue weighted by Gasteiger charge is -2.26. The van der Waals surface area contributed by atoms with Crippen LogP contribution in [0, 0.1) is 0 Å². The van der Waals surface area contributed by atoms with Gasteiger partial charge in [-0.2, -0.15) is 0 Å². The van der Waals surface area contributed by atoms with Crippen LogP contribution in [-0.2, 0) is 9.53 Å². The molecule has 2 saturated heterocycles. The van der Waals surface area contributed by atoms with E-state index in [0.29, 0.717) is 5.92 Å². The third-order valence-corrected chi connectivity index (χ3v) is 4.55. The van der Waals surface area contributed by atoms with Gasteiger partial charge in [-0.25, -0.2) is 0 Å². The Kier molecular flexibility index (Phi) is 4.27. The number of nitrogens with zero attached hydrogens (tertiary/aromatic N) is 1. The number of carbonyl (C=O) groups is 1. The van der Waals surface area contributed by atoms with Crippen LogP contribution in [0.25, 0.3) is 0 Å². The first kappa shape index (κ1) is 13.9. The minimum absolute atomic E-state index is 0.182. The summed E-state index contributed by atoms with van der Waals surface area (Å²) in [4.78, 5) is 14.4. The van der Waals surface area contributed by atoms with E-state index in [9.17, 15) is 4.79 Å². The second-order valence-corrected chi connectivity index (χ2v) is 6.11. The zero-order valence-electron chi connectivity index (χ0n) is 11.6. The SMILES string of the molecule is O=C(C1CCCCO1)N1CCC(c2ccc(Cl)cc2)C1. The van der Waals surface area contributed by atoms with Gasteiger partial charge in [0.2, 0.25) is 0 Å². The Bertz CT molecular complexity index is 468. The summed E-state index contributed by atoms with van der Waals surface area (Å²) in [6.07, 6.45) is 3.89. The highest BCUT2D eigenvalue weighted by Gasteiger charge is 2.32. The van der Waals surface area contributed by atoms with E-state index in [0.717, 1.165) is 50.4 Å². The average Bonchev–Trinajstić information content (AvgIpc) is 2.98. The summed E-state index contributed by atoms with van der Waals surface area (Å²) in [5.74, 6) is 0.612. The number of likely N-dealkylation sites (tertiary alicyclic amines) is 1. The molecule has 0 radical (unpaired) electrons. The van der Waals surface area contributed by atoms with Crippen molar-refractivity contribution >= 4 is 17.5 Å². The summed E-state index contributed by atoms with van der Waals surface area (Å²) >= 11 is 5.92. The van der Waals surface area contributed by atoms with Gasteiger partial charge in [0.15, 0.2) is 0 Å². The minimum atomic E-state index is -0.201. The van der Waals surface area contributed by atoms with Crippen molar-refractivity contribution < 1.29 is 9.53 Å². The molecular weight excluding hydrogens is 274 g/mol. The van der Waals surface area contributed by atoms with Crippen molar-refractivity contribution in [3.63, 3.8) is 0 Å². The van der Waals surface area contributed by atoms with Gasteiger partial charge in [-0.1, -0.05) is 23.7 Å². The van der Waals surface area contributed by atoms with Crippen LogP contribution in [0.5, 0.6) is 0 Å². The zero-order valence-corrected chi connectivity index (χ0v) is 12.3. The van der Waals surface area contributed by atoms with Gasteiger partial charge >= 0.3 is 0 Å². The van der Waals surface area contributed by atoms with E-state index in [-0.39, 0.29) is 12.0 Å². The van der Waals surface area contributed by atoms with Gasteiger partial charge in [-0.15, -0.1) is 0 Å². The normalized spacial score (nSPS) is 26.8. The molecule has 108 valence electrons. The number of hydrogen-bond donors (Lipinski definition) is 0. The molecule has 0 saturated carbocycles. The third-order valence-electron chi connectivity index (χ3n) is 4.30. The van der Waals surface area contributed by atoms with Crippen molar-refractivity contribution in [3.8, 4) is 0 Å². The molecule has 1 aromatic carbocycles. The molecule has 2 heterocycles.